The summed E-state index contributed by atoms with van der Waals surface area (Å²) in [6.07, 6.45) is 5.83. The molecule has 23 heavy (non-hydrogen) atoms. The molecular formula is C19H21N3S. The molecule has 1 aromatic carbocycles. The van der Waals surface area contributed by atoms with E-state index in [-0.39, 0.29) is 0 Å². The van der Waals surface area contributed by atoms with Gasteiger partial charge in [-0.3, -0.25) is 0 Å². The number of benzene rings is 1. The zero-order valence-corrected chi connectivity index (χ0v) is 14.2. The van der Waals surface area contributed by atoms with Gasteiger partial charge in [0.1, 0.15) is 0 Å². The molecule has 0 spiro atoms. The third kappa shape index (κ3) is 2.72. The van der Waals surface area contributed by atoms with E-state index in [1.165, 1.54) is 39.9 Å². The molecule has 0 saturated carbocycles. The normalized spacial score (nSPS) is 14.0. The van der Waals surface area contributed by atoms with Crippen molar-refractivity contribution < 1.29 is 0 Å². The number of fused-ring (bicyclic) bond motifs is 2. The van der Waals surface area contributed by atoms with Crippen molar-refractivity contribution in [3.8, 4) is 11.1 Å². The maximum atomic E-state index is 4.89. The van der Waals surface area contributed by atoms with Crippen LogP contribution in [0.25, 0.3) is 21.5 Å². The number of rotatable bonds is 4. The van der Waals surface area contributed by atoms with Gasteiger partial charge in [0.25, 0.3) is 0 Å². The molecule has 0 fully saturated rings. The predicted octanol–water partition coefficient (Wildman–Crippen LogP) is 5.06. The number of nitrogens with one attached hydrogen (secondary N) is 1. The fourth-order valence-corrected chi connectivity index (χ4v) is 4.34. The molecule has 1 aliphatic rings. The Kier molecular flexibility index (Phi) is 4.00. The third-order valence-corrected chi connectivity index (χ3v) is 5.43. The van der Waals surface area contributed by atoms with E-state index in [1.807, 2.05) is 0 Å². The van der Waals surface area contributed by atoms with Crippen LogP contribution in [0.15, 0.2) is 30.3 Å². The lowest BCUT2D eigenvalue weighted by atomic mass is 9.89. The van der Waals surface area contributed by atoms with Crippen LogP contribution in [0.2, 0.25) is 0 Å². The lowest BCUT2D eigenvalue weighted by Gasteiger charge is -2.19. The van der Waals surface area contributed by atoms with Crippen LogP contribution in [0, 0.1) is 0 Å². The zero-order valence-electron chi connectivity index (χ0n) is 13.4. The minimum Gasteiger partial charge on any atom is -0.361 e. The number of hydrogen-bond acceptors (Lipinski definition) is 4. The van der Waals surface area contributed by atoms with Gasteiger partial charge in [0.15, 0.2) is 10.8 Å². The van der Waals surface area contributed by atoms with Crippen LogP contribution in [-0.4, -0.2) is 16.5 Å². The second kappa shape index (κ2) is 6.28. The van der Waals surface area contributed by atoms with Crippen LogP contribution in [-0.2, 0) is 12.8 Å². The van der Waals surface area contributed by atoms with Crippen LogP contribution < -0.4 is 5.32 Å². The van der Waals surface area contributed by atoms with E-state index in [9.17, 15) is 0 Å². The van der Waals surface area contributed by atoms with E-state index in [0.29, 0.717) is 0 Å². The number of pyridine rings is 1. The summed E-state index contributed by atoms with van der Waals surface area (Å²) in [6, 6.07) is 10.7. The molecule has 4 rings (SSSR count). The van der Waals surface area contributed by atoms with Crippen molar-refractivity contribution in [1.82, 2.24) is 9.97 Å². The summed E-state index contributed by atoms with van der Waals surface area (Å²) < 4.78 is 1.23. The van der Waals surface area contributed by atoms with E-state index in [1.54, 1.807) is 11.3 Å². The van der Waals surface area contributed by atoms with Gasteiger partial charge in [-0.1, -0.05) is 48.6 Å². The highest BCUT2D eigenvalue weighted by Crippen LogP contribution is 2.40. The van der Waals surface area contributed by atoms with Gasteiger partial charge in [0.2, 0.25) is 0 Å². The highest BCUT2D eigenvalue weighted by molar-refractivity contribution is 7.22. The van der Waals surface area contributed by atoms with E-state index in [0.717, 1.165) is 36.6 Å². The molecule has 0 radical (unpaired) electrons. The topological polar surface area (TPSA) is 37.8 Å². The van der Waals surface area contributed by atoms with Crippen molar-refractivity contribution in [3.05, 3.63) is 41.6 Å². The quantitative estimate of drug-likeness (QED) is 0.729. The molecule has 3 aromatic rings. The van der Waals surface area contributed by atoms with Gasteiger partial charge in [-0.05, 0) is 43.2 Å². The summed E-state index contributed by atoms with van der Waals surface area (Å²) in [5.41, 5.74) is 6.28. The Morgan fingerprint density at radius 2 is 1.91 bits per heavy atom. The first-order valence-electron chi connectivity index (χ1n) is 8.48. The molecule has 3 nitrogen and oxygen atoms in total. The fourth-order valence-electron chi connectivity index (χ4n) is 3.32. The lowest BCUT2D eigenvalue weighted by Crippen LogP contribution is -2.07. The molecule has 0 bridgehead atoms. The first kappa shape index (κ1) is 14.6. The maximum Gasteiger partial charge on any atom is 0.185 e. The monoisotopic (exact) mass is 323 g/mol. The van der Waals surface area contributed by atoms with E-state index >= 15 is 0 Å². The largest absolute Gasteiger partial charge is 0.361 e. The summed E-state index contributed by atoms with van der Waals surface area (Å²) in [5.74, 6) is 0. The Morgan fingerprint density at radius 1 is 1.09 bits per heavy atom. The number of hydrogen-bond donors (Lipinski definition) is 1. The first-order valence-corrected chi connectivity index (χ1v) is 9.30. The Morgan fingerprint density at radius 3 is 2.74 bits per heavy atom. The Hall–Kier alpha value is -1.94. The molecule has 0 atom stereocenters. The molecule has 2 heterocycles. The first-order chi connectivity index (χ1) is 11.4. The maximum absolute atomic E-state index is 4.89. The molecule has 118 valence electrons. The Bertz CT molecular complexity index is 823. The van der Waals surface area contributed by atoms with Crippen LogP contribution in [0.4, 0.5) is 5.13 Å². The van der Waals surface area contributed by atoms with Gasteiger partial charge in [-0.25, -0.2) is 9.97 Å². The van der Waals surface area contributed by atoms with Gasteiger partial charge >= 0.3 is 0 Å². The van der Waals surface area contributed by atoms with Crippen molar-refractivity contribution in [3.63, 3.8) is 0 Å². The lowest BCUT2D eigenvalue weighted by molar-refractivity contribution is 0.672. The second-order valence-corrected chi connectivity index (χ2v) is 7.08. The average Bonchev–Trinajstić information content (AvgIpc) is 3.00. The van der Waals surface area contributed by atoms with Crippen LogP contribution in [0.3, 0.4) is 0 Å². The van der Waals surface area contributed by atoms with Crippen molar-refractivity contribution in [1.29, 1.82) is 0 Å². The van der Waals surface area contributed by atoms with E-state index < -0.39 is 0 Å². The summed E-state index contributed by atoms with van der Waals surface area (Å²) in [6.45, 7) is 3.13. The van der Waals surface area contributed by atoms with Crippen LogP contribution in [0.5, 0.6) is 0 Å². The third-order valence-electron chi connectivity index (χ3n) is 4.41. The molecule has 4 heteroatoms. The van der Waals surface area contributed by atoms with E-state index in [4.69, 9.17) is 9.97 Å². The predicted molar refractivity (Wildman–Crippen MR) is 98.3 cm³/mol. The summed E-state index contributed by atoms with van der Waals surface area (Å²) in [5, 5.41) is 4.41. The van der Waals surface area contributed by atoms with Gasteiger partial charge in [-0.15, -0.1) is 0 Å². The zero-order chi connectivity index (χ0) is 15.6. The summed E-state index contributed by atoms with van der Waals surface area (Å²) in [4.78, 5) is 9.63. The minimum atomic E-state index is 0.910. The molecule has 0 amide bonds. The van der Waals surface area contributed by atoms with Gasteiger partial charge in [0, 0.05) is 17.8 Å². The highest BCUT2D eigenvalue weighted by atomic mass is 32.1. The fraction of sp³-hybridized carbons (Fsp3) is 0.368. The number of nitrogens with zero attached hydrogens (tertiary/aromatic N) is 2. The Balaban J connectivity index is 1.94. The van der Waals surface area contributed by atoms with Crippen molar-refractivity contribution >= 4 is 26.8 Å². The molecule has 2 aromatic heterocycles. The number of aromatic nitrogens is 2. The Labute approximate surface area is 140 Å². The molecule has 0 unspecified atom stereocenters. The van der Waals surface area contributed by atoms with Gasteiger partial charge in [0.05, 0.1) is 4.70 Å². The minimum absolute atomic E-state index is 0.910. The molecular weight excluding hydrogens is 302 g/mol. The smallest absolute Gasteiger partial charge is 0.185 e. The molecule has 0 aliphatic heterocycles. The van der Waals surface area contributed by atoms with Crippen molar-refractivity contribution in [2.75, 3.05) is 11.9 Å². The van der Waals surface area contributed by atoms with Gasteiger partial charge < -0.3 is 5.32 Å². The number of anilines is 1. The van der Waals surface area contributed by atoms with Crippen molar-refractivity contribution in [2.45, 2.75) is 39.0 Å². The summed E-state index contributed by atoms with van der Waals surface area (Å²) >= 11 is 1.75. The van der Waals surface area contributed by atoms with E-state index in [2.05, 4.69) is 42.6 Å². The standard InChI is InChI=1S/C19H21N3S/c1-2-12-20-19-22-18-17(23-19)16(13-8-4-3-5-9-13)14-10-6-7-11-15(14)21-18/h3-5,8-9H,2,6-7,10-12H2,1H3,(H,20,21,22). The van der Waals surface area contributed by atoms with Gasteiger partial charge in [-0.2, -0.15) is 0 Å². The summed E-state index contributed by atoms with van der Waals surface area (Å²) in [7, 11) is 0. The van der Waals surface area contributed by atoms with Crippen LogP contribution >= 0.6 is 11.3 Å². The number of thiazole rings is 1. The number of aryl methyl sites for hydroxylation is 1. The molecule has 1 aliphatic carbocycles. The van der Waals surface area contributed by atoms with Crippen molar-refractivity contribution in [2.24, 2.45) is 0 Å². The second-order valence-electron chi connectivity index (χ2n) is 6.08. The molecule has 1 N–H and O–H groups in total. The SMILES string of the molecule is CCCNc1nc2nc3c(c(-c4ccccc4)c2s1)CCCC3. The molecule has 0 saturated heterocycles. The average molecular weight is 323 g/mol. The van der Waals surface area contributed by atoms with Crippen LogP contribution in [0.1, 0.15) is 37.4 Å². The highest BCUT2D eigenvalue weighted by Gasteiger charge is 2.21.